The summed E-state index contributed by atoms with van der Waals surface area (Å²) in [6.45, 7) is 11.3. The summed E-state index contributed by atoms with van der Waals surface area (Å²) in [6, 6.07) is 9.66. The normalized spacial score (nSPS) is 21.5. The zero-order chi connectivity index (χ0) is 24.4. The SMILES string of the molecule is CCC1CN(c2nc(N)c(C(N)=O)nc2C)CCN1C1CCN(C(C)c2ccc(Cl)cc2)CC1. The molecule has 2 saturated heterocycles. The first-order valence-electron chi connectivity index (χ1n) is 12.2. The van der Waals surface area contributed by atoms with Crippen molar-refractivity contribution in [3.8, 4) is 0 Å². The quantitative estimate of drug-likeness (QED) is 0.647. The van der Waals surface area contributed by atoms with E-state index in [9.17, 15) is 4.79 Å². The van der Waals surface area contributed by atoms with Crippen LogP contribution in [-0.4, -0.2) is 70.5 Å². The zero-order valence-corrected chi connectivity index (χ0v) is 21.1. The molecule has 8 nitrogen and oxygen atoms in total. The average Bonchev–Trinajstić information content (AvgIpc) is 2.84. The van der Waals surface area contributed by atoms with Crippen LogP contribution in [0.1, 0.15) is 60.9 Å². The second kappa shape index (κ2) is 10.5. The highest BCUT2D eigenvalue weighted by Gasteiger charge is 2.35. The van der Waals surface area contributed by atoms with Crippen LogP contribution < -0.4 is 16.4 Å². The number of anilines is 2. The maximum Gasteiger partial charge on any atom is 0.271 e. The predicted octanol–water partition coefficient (Wildman–Crippen LogP) is 3.25. The number of amides is 1. The Bertz CT molecular complexity index is 1010. The maximum atomic E-state index is 11.5. The molecular weight excluding hydrogens is 450 g/mol. The number of aryl methyl sites for hydroxylation is 1. The van der Waals surface area contributed by atoms with Gasteiger partial charge >= 0.3 is 0 Å². The van der Waals surface area contributed by atoms with E-state index in [-0.39, 0.29) is 11.5 Å². The Morgan fingerprint density at radius 2 is 1.82 bits per heavy atom. The molecule has 9 heteroatoms. The van der Waals surface area contributed by atoms with Crippen LogP contribution in [0.4, 0.5) is 11.6 Å². The molecule has 4 N–H and O–H groups in total. The summed E-state index contributed by atoms with van der Waals surface area (Å²) in [5.74, 6) is 0.214. The third kappa shape index (κ3) is 5.14. The van der Waals surface area contributed by atoms with Gasteiger partial charge in [0.2, 0.25) is 0 Å². The van der Waals surface area contributed by atoms with Gasteiger partial charge in [0.15, 0.2) is 17.3 Å². The van der Waals surface area contributed by atoms with Gasteiger partial charge in [-0.2, -0.15) is 0 Å². The topological polar surface area (TPSA) is 105 Å². The van der Waals surface area contributed by atoms with Gasteiger partial charge in [-0.25, -0.2) is 9.97 Å². The van der Waals surface area contributed by atoms with E-state index >= 15 is 0 Å². The van der Waals surface area contributed by atoms with Crippen LogP contribution in [0.2, 0.25) is 5.02 Å². The standard InChI is InChI=1S/C25H36ClN7O/c1-4-20-15-32(25-16(2)29-22(24(28)34)23(27)30-25)13-14-33(20)21-9-11-31(12-10-21)17(3)18-5-7-19(26)8-6-18/h5-8,17,20-21H,4,9-15H2,1-3H3,(H2,27,30)(H2,28,34). The van der Waals surface area contributed by atoms with Crippen molar-refractivity contribution >= 4 is 29.1 Å². The molecule has 1 aromatic heterocycles. The van der Waals surface area contributed by atoms with Gasteiger partial charge in [0.25, 0.3) is 5.91 Å². The summed E-state index contributed by atoms with van der Waals surface area (Å²) in [4.78, 5) is 27.9. The molecule has 0 saturated carbocycles. The van der Waals surface area contributed by atoms with Crippen molar-refractivity contribution in [2.24, 2.45) is 5.73 Å². The van der Waals surface area contributed by atoms with Gasteiger partial charge < -0.3 is 16.4 Å². The van der Waals surface area contributed by atoms with Crippen LogP contribution >= 0.6 is 11.6 Å². The van der Waals surface area contributed by atoms with Crippen LogP contribution in [0.15, 0.2) is 24.3 Å². The van der Waals surface area contributed by atoms with E-state index in [0.717, 1.165) is 50.0 Å². The minimum atomic E-state index is -0.646. The number of nitrogen functional groups attached to an aromatic ring is 1. The van der Waals surface area contributed by atoms with Crippen LogP contribution in [0.3, 0.4) is 0 Å². The number of nitrogens with zero attached hydrogens (tertiary/aromatic N) is 5. The Kier molecular flexibility index (Phi) is 7.60. The highest BCUT2D eigenvalue weighted by molar-refractivity contribution is 6.30. The lowest BCUT2D eigenvalue weighted by atomic mass is 9.96. The van der Waals surface area contributed by atoms with Crippen LogP contribution in [-0.2, 0) is 0 Å². The highest BCUT2D eigenvalue weighted by Crippen LogP contribution is 2.30. The smallest absolute Gasteiger partial charge is 0.271 e. The van der Waals surface area contributed by atoms with Gasteiger partial charge in [0, 0.05) is 55.9 Å². The third-order valence-electron chi connectivity index (χ3n) is 7.47. The lowest BCUT2D eigenvalue weighted by Crippen LogP contribution is -2.58. The van der Waals surface area contributed by atoms with Gasteiger partial charge in [0.1, 0.15) is 0 Å². The molecule has 2 aliphatic rings. The Morgan fingerprint density at radius 3 is 2.44 bits per heavy atom. The Morgan fingerprint density at radius 1 is 1.15 bits per heavy atom. The number of halogens is 1. The Labute approximate surface area is 207 Å². The third-order valence-corrected chi connectivity index (χ3v) is 7.72. The molecule has 4 rings (SSSR count). The van der Waals surface area contributed by atoms with E-state index in [1.807, 2.05) is 19.1 Å². The molecule has 1 aromatic carbocycles. The van der Waals surface area contributed by atoms with Crippen molar-refractivity contribution in [1.29, 1.82) is 0 Å². The summed E-state index contributed by atoms with van der Waals surface area (Å²) >= 11 is 6.07. The second-order valence-corrected chi connectivity index (χ2v) is 9.91. The molecule has 34 heavy (non-hydrogen) atoms. The highest BCUT2D eigenvalue weighted by atomic mass is 35.5. The summed E-state index contributed by atoms with van der Waals surface area (Å²) < 4.78 is 0. The van der Waals surface area contributed by atoms with Crippen molar-refractivity contribution in [2.75, 3.05) is 43.4 Å². The number of aromatic nitrogens is 2. The molecule has 2 aliphatic heterocycles. The summed E-state index contributed by atoms with van der Waals surface area (Å²) in [6.07, 6.45) is 3.42. The zero-order valence-electron chi connectivity index (χ0n) is 20.4. The van der Waals surface area contributed by atoms with Crippen molar-refractivity contribution in [2.45, 2.75) is 58.2 Å². The lowest BCUT2D eigenvalue weighted by molar-refractivity contribution is 0.0514. The fourth-order valence-electron chi connectivity index (χ4n) is 5.47. The minimum Gasteiger partial charge on any atom is -0.382 e. The molecule has 0 aliphatic carbocycles. The first-order chi connectivity index (χ1) is 16.3. The number of benzene rings is 1. The van der Waals surface area contributed by atoms with Crippen molar-refractivity contribution in [3.05, 3.63) is 46.2 Å². The Balaban J connectivity index is 1.38. The molecule has 1 amide bonds. The van der Waals surface area contributed by atoms with Gasteiger partial charge in [-0.05, 0) is 50.8 Å². The molecular formula is C25H36ClN7O. The van der Waals surface area contributed by atoms with E-state index in [1.54, 1.807) is 0 Å². The molecule has 2 fully saturated rings. The molecule has 0 bridgehead atoms. The number of hydrogen-bond donors (Lipinski definition) is 2. The average molecular weight is 486 g/mol. The minimum absolute atomic E-state index is 0.0477. The molecule has 2 unspecified atom stereocenters. The van der Waals surface area contributed by atoms with Crippen molar-refractivity contribution < 1.29 is 4.79 Å². The first kappa shape index (κ1) is 24.7. The number of carbonyl (C=O) groups excluding carboxylic acids is 1. The summed E-state index contributed by atoms with van der Waals surface area (Å²) in [7, 11) is 0. The fraction of sp³-hybridized carbons (Fsp3) is 0.560. The van der Waals surface area contributed by atoms with Gasteiger partial charge in [-0.3, -0.25) is 14.6 Å². The number of piperidine rings is 1. The summed E-state index contributed by atoms with van der Waals surface area (Å²) in [5, 5.41) is 0.784. The van der Waals surface area contributed by atoms with E-state index < -0.39 is 5.91 Å². The molecule has 3 heterocycles. The van der Waals surface area contributed by atoms with Crippen molar-refractivity contribution in [1.82, 2.24) is 19.8 Å². The molecule has 0 spiro atoms. The molecule has 2 aromatic rings. The number of piperazine rings is 1. The van der Waals surface area contributed by atoms with Crippen LogP contribution in [0.5, 0.6) is 0 Å². The first-order valence-corrected chi connectivity index (χ1v) is 12.6. The van der Waals surface area contributed by atoms with E-state index in [0.29, 0.717) is 23.8 Å². The van der Waals surface area contributed by atoms with E-state index in [4.69, 9.17) is 23.1 Å². The van der Waals surface area contributed by atoms with Crippen LogP contribution in [0.25, 0.3) is 0 Å². The number of hydrogen-bond acceptors (Lipinski definition) is 7. The molecule has 184 valence electrons. The van der Waals surface area contributed by atoms with Gasteiger partial charge in [0.05, 0.1) is 5.69 Å². The number of primary amides is 1. The second-order valence-electron chi connectivity index (χ2n) is 9.47. The number of likely N-dealkylation sites (tertiary alicyclic amines) is 1. The monoisotopic (exact) mass is 485 g/mol. The number of nitrogens with two attached hydrogens (primary N) is 2. The Hall–Kier alpha value is -2.42. The predicted molar refractivity (Wildman–Crippen MR) is 137 cm³/mol. The van der Waals surface area contributed by atoms with Gasteiger partial charge in [-0.15, -0.1) is 0 Å². The fourth-order valence-corrected chi connectivity index (χ4v) is 5.59. The molecule has 0 radical (unpaired) electrons. The van der Waals surface area contributed by atoms with Crippen LogP contribution in [0, 0.1) is 6.92 Å². The largest absolute Gasteiger partial charge is 0.382 e. The number of rotatable bonds is 6. The number of carbonyl (C=O) groups is 1. The maximum absolute atomic E-state index is 11.5. The lowest BCUT2D eigenvalue weighted by Gasteiger charge is -2.48. The summed E-state index contributed by atoms with van der Waals surface area (Å²) in [5.41, 5.74) is 13.4. The van der Waals surface area contributed by atoms with Gasteiger partial charge in [-0.1, -0.05) is 30.7 Å². The molecule has 2 atom stereocenters. The van der Waals surface area contributed by atoms with E-state index in [1.165, 1.54) is 18.4 Å². The van der Waals surface area contributed by atoms with E-state index in [2.05, 4.69) is 50.6 Å². The van der Waals surface area contributed by atoms with Crippen molar-refractivity contribution in [3.63, 3.8) is 0 Å².